The van der Waals surface area contributed by atoms with Crippen LogP contribution in [0.3, 0.4) is 0 Å². The Morgan fingerprint density at radius 2 is 0.870 bits per heavy atom. The van der Waals surface area contributed by atoms with Gasteiger partial charge in [0.05, 0.1) is 10.4 Å². The second-order valence-corrected chi connectivity index (χ2v) is 14.2. The zero-order valence-corrected chi connectivity index (χ0v) is 30.0. The molecule has 0 N–H and O–H groups in total. The molecule has 8 aromatic carbocycles. The molecule has 254 valence electrons. The van der Waals surface area contributed by atoms with Gasteiger partial charge in [-0.2, -0.15) is 0 Å². The van der Waals surface area contributed by atoms with Gasteiger partial charge in [-0.3, -0.25) is 0 Å². The van der Waals surface area contributed by atoms with Gasteiger partial charge in [0.25, 0.3) is 0 Å². The number of thiophene rings is 1. The molecule has 0 aliphatic rings. The average molecular weight is 709 g/mol. The van der Waals surface area contributed by atoms with E-state index < -0.39 is 0 Å². The highest BCUT2D eigenvalue weighted by Crippen LogP contribution is 2.49. The molecule has 0 unspecified atom stereocenters. The van der Waals surface area contributed by atoms with Gasteiger partial charge in [-0.25, -0.2) is 15.0 Å². The predicted molar refractivity (Wildman–Crippen MR) is 227 cm³/mol. The maximum absolute atomic E-state index is 5.19. The molecular formula is C49H32N4S. The lowest BCUT2D eigenvalue weighted by Crippen LogP contribution is -2.09. The first kappa shape index (κ1) is 31.8. The molecule has 10 aromatic rings. The van der Waals surface area contributed by atoms with Crippen LogP contribution in [0.1, 0.15) is 0 Å². The number of benzene rings is 8. The molecule has 0 aliphatic carbocycles. The second kappa shape index (κ2) is 13.6. The van der Waals surface area contributed by atoms with Gasteiger partial charge in [0, 0.05) is 43.5 Å². The summed E-state index contributed by atoms with van der Waals surface area (Å²) >= 11 is 1.80. The third-order valence-corrected chi connectivity index (χ3v) is 11.2. The van der Waals surface area contributed by atoms with Crippen molar-refractivity contribution in [1.29, 1.82) is 0 Å². The molecule has 0 amide bonds. The fourth-order valence-corrected chi connectivity index (χ4v) is 8.67. The summed E-state index contributed by atoms with van der Waals surface area (Å²) in [6.45, 7) is 0. The quantitative estimate of drug-likeness (QED) is 0.165. The Bertz CT molecular complexity index is 2850. The van der Waals surface area contributed by atoms with Crippen LogP contribution in [0.4, 0.5) is 17.1 Å². The van der Waals surface area contributed by atoms with Crippen LogP contribution >= 0.6 is 11.3 Å². The van der Waals surface area contributed by atoms with E-state index in [1.807, 2.05) is 36.4 Å². The lowest BCUT2D eigenvalue weighted by atomic mass is 9.99. The van der Waals surface area contributed by atoms with Gasteiger partial charge in [0.2, 0.25) is 0 Å². The van der Waals surface area contributed by atoms with Crippen LogP contribution in [-0.2, 0) is 0 Å². The van der Waals surface area contributed by atoms with Crippen molar-refractivity contribution in [2.24, 2.45) is 0 Å². The zero-order valence-electron chi connectivity index (χ0n) is 29.2. The van der Waals surface area contributed by atoms with Gasteiger partial charge in [-0.15, -0.1) is 11.3 Å². The van der Waals surface area contributed by atoms with E-state index in [9.17, 15) is 0 Å². The number of fused-ring (bicyclic) bond motifs is 5. The second-order valence-electron chi connectivity index (χ2n) is 13.2. The molecule has 5 heteroatoms. The zero-order chi connectivity index (χ0) is 35.8. The van der Waals surface area contributed by atoms with Crippen LogP contribution in [0.25, 0.3) is 76.2 Å². The number of anilines is 3. The fourth-order valence-electron chi connectivity index (χ4n) is 7.34. The summed E-state index contributed by atoms with van der Waals surface area (Å²) in [5.41, 5.74) is 8.58. The van der Waals surface area contributed by atoms with Crippen LogP contribution < -0.4 is 4.90 Å². The van der Waals surface area contributed by atoms with E-state index >= 15 is 0 Å². The Labute approximate surface area is 317 Å². The molecule has 4 nitrogen and oxygen atoms in total. The minimum absolute atomic E-state index is 0.650. The van der Waals surface area contributed by atoms with Crippen molar-refractivity contribution in [2.45, 2.75) is 0 Å². The van der Waals surface area contributed by atoms with Gasteiger partial charge >= 0.3 is 0 Å². The molecule has 0 saturated carbocycles. The summed E-state index contributed by atoms with van der Waals surface area (Å²) in [4.78, 5) is 17.7. The number of aromatic nitrogens is 3. The highest BCUT2D eigenvalue weighted by atomic mass is 32.1. The molecular weight excluding hydrogens is 677 g/mol. The maximum Gasteiger partial charge on any atom is 0.165 e. The SMILES string of the molecule is c1ccc(-c2ccc(N(c3ccccc3)c3cccc4c3sc3c(-c5nc(-c6ccccc6)nc(-c6ccccc6)n5)cc5ccccc5c34)cc2)cc1. The minimum Gasteiger partial charge on any atom is -0.309 e. The molecule has 0 saturated heterocycles. The Balaban J connectivity index is 1.23. The highest BCUT2D eigenvalue weighted by molar-refractivity contribution is 7.27. The summed E-state index contributed by atoms with van der Waals surface area (Å²) in [7, 11) is 0. The monoisotopic (exact) mass is 708 g/mol. The number of nitrogens with zero attached hydrogens (tertiary/aromatic N) is 4. The van der Waals surface area contributed by atoms with Gasteiger partial charge < -0.3 is 4.90 Å². The molecule has 2 heterocycles. The van der Waals surface area contributed by atoms with Crippen molar-refractivity contribution in [3.63, 3.8) is 0 Å². The molecule has 0 radical (unpaired) electrons. The Kier molecular flexibility index (Phi) is 7.97. The van der Waals surface area contributed by atoms with Crippen molar-refractivity contribution in [1.82, 2.24) is 15.0 Å². The van der Waals surface area contributed by atoms with E-state index in [1.54, 1.807) is 11.3 Å². The first-order valence-corrected chi connectivity index (χ1v) is 18.9. The van der Waals surface area contributed by atoms with Crippen LogP contribution in [-0.4, -0.2) is 15.0 Å². The topological polar surface area (TPSA) is 41.9 Å². The van der Waals surface area contributed by atoms with Crippen molar-refractivity contribution < 1.29 is 0 Å². The molecule has 0 aliphatic heterocycles. The van der Waals surface area contributed by atoms with E-state index in [1.165, 1.54) is 32.0 Å². The molecule has 0 spiro atoms. The van der Waals surface area contributed by atoms with Gasteiger partial charge in [-0.05, 0) is 58.3 Å². The highest BCUT2D eigenvalue weighted by Gasteiger charge is 2.22. The molecule has 0 bridgehead atoms. The van der Waals surface area contributed by atoms with Gasteiger partial charge in [0.1, 0.15) is 0 Å². The summed E-state index contributed by atoms with van der Waals surface area (Å²) in [5.74, 6) is 1.96. The fraction of sp³-hybridized carbons (Fsp3) is 0. The molecule has 54 heavy (non-hydrogen) atoms. The first-order valence-electron chi connectivity index (χ1n) is 18.0. The smallest absolute Gasteiger partial charge is 0.165 e. The number of hydrogen-bond donors (Lipinski definition) is 0. The van der Waals surface area contributed by atoms with Gasteiger partial charge in [0.15, 0.2) is 17.5 Å². The van der Waals surface area contributed by atoms with Crippen LogP contribution in [0.5, 0.6) is 0 Å². The molecule has 0 fully saturated rings. The van der Waals surface area contributed by atoms with Crippen LogP contribution in [0.15, 0.2) is 194 Å². The number of hydrogen-bond acceptors (Lipinski definition) is 5. The largest absolute Gasteiger partial charge is 0.309 e. The van der Waals surface area contributed by atoms with Crippen molar-refractivity contribution >= 4 is 59.3 Å². The first-order chi connectivity index (χ1) is 26.8. The Morgan fingerprint density at radius 3 is 1.52 bits per heavy atom. The van der Waals surface area contributed by atoms with Crippen LogP contribution in [0.2, 0.25) is 0 Å². The van der Waals surface area contributed by atoms with E-state index in [-0.39, 0.29) is 0 Å². The van der Waals surface area contributed by atoms with Crippen LogP contribution in [0, 0.1) is 0 Å². The summed E-state index contributed by atoms with van der Waals surface area (Å²) < 4.78 is 2.34. The maximum atomic E-state index is 5.19. The summed E-state index contributed by atoms with van der Waals surface area (Å²) in [5, 5.41) is 4.76. The van der Waals surface area contributed by atoms with E-state index in [4.69, 9.17) is 15.0 Å². The Hall–Kier alpha value is -6.95. The number of para-hydroxylation sites is 1. The van der Waals surface area contributed by atoms with Crippen molar-refractivity contribution in [3.05, 3.63) is 194 Å². The summed E-state index contributed by atoms with van der Waals surface area (Å²) in [6.07, 6.45) is 0. The lowest BCUT2D eigenvalue weighted by Gasteiger charge is -2.26. The lowest BCUT2D eigenvalue weighted by molar-refractivity contribution is 1.08. The normalized spacial score (nSPS) is 11.3. The molecule has 0 atom stereocenters. The van der Waals surface area contributed by atoms with E-state index in [0.29, 0.717) is 17.5 Å². The standard InChI is InChI=1S/C49H32N4S/c1-5-16-33(17-6-1)34-28-30-39(31-29-34)53(38-23-11-4-12-24-38)43-27-15-26-41-44-40-25-14-13-22-37(40)32-42(46(44)54-45(41)43)49-51-47(35-18-7-2-8-19-35)50-48(52-49)36-20-9-3-10-21-36/h1-32H. The third kappa shape index (κ3) is 5.68. The molecule has 2 aromatic heterocycles. The van der Waals surface area contributed by atoms with Crippen molar-refractivity contribution in [3.8, 4) is 45.3 Å². The van der Waals surface area contributed by atoms with Crippen molar-refractivity contribution in [2.75, 3.05) is 4.90 Å². The van der Waals surface area contributed by atoms with Gasteiger partial charge in [-0.1, -0.05) is 158 Å². The van der Waals surface area contributed by atoms with E-state index in [0.717, 1.165) is 43.8 Å². The average Bonchev–Trinajstić information content (AvgIpc) is 3.66. The predicted octanol–water partition coefficient (Wildman–Crippen LogP) is 13.5. The summed E-state index contributed by atoms with van der Waals surface area (Å²) in [6, 6.07) is 68.0. The third-order valence-electron chi connectivity index (χ3n) is 9.90. The Morgan fingerprint density at radius 1 is 0.370 bits per heavy atom. The van der Waals surface area contributed by atoms with E-state index in [2.05, 4.69) is 163 Å². The molecule has 10 rings (SSSR count). The number of rotatable bonds is 7. The minimum atomic E-state index is 0.650.